The van der Waals surface area contributed by atoms with E-state index in [1.54, 1.807) is 0 Å². The molecule has 0 rings (SSSR count). The monoisotopic (exact) mass is 161 g/mol. The first-order valence-corrected chi connectivity index (χ1v) is 3.73. The van der Waals surface area contributed by atoms with Gasteiger partial charge in [0, 0.05) is 6.61 Å². The van der Waals surface area contributed by atoms with Crippen LogP contribution in [0, 0.1) is 5.92 Å². The Hall–Kier alpha value is -0.770. The van der Waals surface area contributed by atoms with Crippen molar-refractivity contribution in [3.63, 3.8) is 0 Å². The molecule has 0 spiro atoms. The lowest BCUT2D eigenvalue weighted by Gasteiger charge is -2.11. The molecule has 66 valence electrons. The highest BCUT2D eigenvalue weighted by atomic mass is 16.5. The van der Waals surface area contributed by atoms with Crippen LogP contribution in [-0.2, 0) is 4.74 Å². The van der Waals surface area contributed by atoms with Crippen molar-refractivity contribution in [3.8, 4) is 0 Å². The molecule has 4 heteroatoms. The summed E-state index contributed by atoms with van der Waals surface area (Å²) >= 11 is 0. The van der Waals surface area contributed by atoms with Gasteiger partial charge in [0.05, 0.1) is 6.61 Å². The van der Waals surface area contributed by atoms with Crippen molar-refractivity contribution in [2.75, 3.05) is 13.2 Å². The maximum Gasteiger partial charge on any atom is 0.404 e. The summed E-state index contributed by atoms with van der Waals surface area (Å²) in [7, 11) is 0. The van der Waals surface area contributed by atoms with Gasteiger partial charge in [-0.15, -0.1) is 0 Å². The van der Waals surface area contributed by atoms with Gasteiger partial charge in [0.15, 0.2) is 0 Å². The molecule has 0 bridgehead atoms. The maximum atomic E-state index is 10.2. The Balaban J connectivity index is 3.43. The fraction of sp³-hybridized carbons (Fsp3) is 0.857. The molecule has 0 radical (unpaired) electrons. The highest BCUT2D eigenvalue weighted by Gasteiger charge is 2.06. The first-order valence-electron chi connectivity index (χ1n) is 3.73. The Kier molecular flexibility index (Phi) is 5.56. The van der Waals surface area contributed by atoms with Crippen LogP contribution in [0.3, 0.4) is 0 Å². The zero-order valence-electron chi connectivity index (χ0n) is 6.75. The van der Waals surface area contributed by atoms with E-state index in [9.17, 15) is 4.79 Å². The van der Waals surface area contributed by atoms with E-state index in [4.69, 9.17) is 10.8 Å². The summed E-state index contributed by atoms with van der Waals surface area (Å²) in [6.45, 7) is 2.41. The van der Waals surface area contributed by atoms with E-state index < -0.39 is 6.09 Å². The van der Waals surface area contributed by atoms with E-state index in [2.05, 4.69) is 4.74 Å². The minimum absolute atomic E-state index is 0.126. The molecule has 3 N–H and O–H groups in total. The molecular formula is C7H15NO3. The van der Waals surface area contributed by atoms with Crippen LogP contribution in [0.25, 0.3) is 0 Å². The van der Waals surface area contributed by atoms with Crippen molar-refractivity contribution < 1.29 is 14.6 Å². The van der Waals surface area contributed by atoms with E-state index in [1.807, 2.05) is 6.92 Å². The molecule has 0 aromatic heterocycles. The van der Waals surface area contributed by atoms with Crippen molar-refractivity contribution in [2.24, 2.45) is 11.7 Å². The Morgan fingerprint density at radius 1 is 1.73 bits per heavy atom. The molecule has 4 nitrogen and oxygen atoms in total. The van der Waals surface area contributed by atoms with Crippen LogP contribution >= 0.6 is 0 Å². The molecule has 0 saturated carbocycles. The molecule has 1 atom stereocenters. The average Bonchev–Trinajstić information content (AvgIpc) is 1.97. The van der Waals surface area contributed by atoms with Crippen molar-refractivity contribution in [1.82, 2.24) is 0 Å². The zero-order valence-corrected chi connectivity index (χ0v) is 6.75. The summed E-state index contributed by atoms with van der Waals surface area (Å²) in [5, 5.41) is 8.56. The van der Waals surface area contributed by atoms with E-state index in [-0.39, 0.29) is 12.5 Å². The topological polar surface area (TPSA) is 72.6 Å². The van der Waals surface area contributed by atoms with Crippen LogP contribution < -0.4 is 5.73 Å². The predicted molar refractivity (Wildman–Crippen MR) is 41.0 cm³/mol. The minimum atomic E-state index is -0.749. The lowest BCUT2D eigenvalue weighted by molar-refractivity contribution is 0.124. The number of hydrogen-bond acceptors (Lipinski definition) is 3. The van der Waals surface area contributed by atoms with Crippen molar-refractivity contribution in [3.05, 3.63) is 0 Å². The largest absolute Gasteiger partial charge is 0.449 e. The lowest BCUT2D eigenvalue weighted by atomic mass is 10.0. The van der Waals surface area contributed by atoms with E-state index in [0.717, 1.165) is 6.42 Å². The van der Waals surface area contributed by atoms with Crippen molar-refractivity contribution in [2.45, 2.75) is 19.8 Å². The summed E-state index contributed by atoms with van der Waals surface area (Å²) < 4.78 is 4.58. The number of hydrogen-bond donors (Lipinski definition) is 2. The molecular weight excluding hydrogens is 146 g/mol. The fourth-order valence-electron chi connectivity index (χ4n) is 0.788. The van der Waals surface area contributed by atoms with Crippen LogP contribution in [0.4, 0.5) is 4.79 Å². The van der Waals surface area contributed by atoms with Crippen LogP contribution in [0.5, 0.6) is 0 Å². The van der Waals surface area contributed by atoms with Crippen LogP contribution in [0.1, 0.15) is 19.8 Å². The SMILES string of the molecule is CCC(CCO)COC(N)=O. The molecule has 0 aromatic carbocycles. The summed E-state index contributed by atoms with van der Waals surface area (Å²) in [4.78, 5) is 10.2. The molecule has 0 aromatic rings. The molecule has 0 fully saturated rings. The molecule has 0 aliphatic rings. The highest BCUT2D eigenvalue weighted by Crippen LogP contribution is 2.07. The Morgan fingerprint density at radius 2 is 2.36 bits per heavy atom. The van der Waals surface area contributed by atoms with E-state index >= 15 is 0 Å². The normalized spacial score (nSPS) is 12.5. The van der Waals surface area contributed by atoms with Gasteiger partial charge in [-0.1, -0.05) is 6.92 Å². The Bertz CT molecular complexity index is 116. The number of primary amides is 1. The molecule has 11 heavy (non-hydrogen) atoms. The number of carbonyl (C=O) groups is 1. The predicted octanol–water partition coefficient (Wildman–Crippen LogP) is 0.490. The first kappa shape index (κ1) is 10.2. The van der Waals surface area contributed by atoms with Gasteiger partial charge in [-0.25, -0.2) is 4.79 Å². The molecule has 0 aliphatic heterocycles. The molecule has 0 aliphatic carbocycles. The van der Waals surface area contributed by atoms with E-state index in [0.29, 0.717) is 13.0 Å². The van der Waals surface area contributed by atoms with Gasteiger partial charge >= 0.3 is 6.09 Å². The van der Waals surface area contributed by atoms with Gasteiger partial charge in [0.25, 0.3) is 0 Å². The molecule has 1 amide bonds. The third-order valence-corrected chi connectivity index (χ3v) is 1.58. The Labute approximate surface area is 66.3 Å². The van der Waals surface area contributed by atoms with Gasteiger partial charge in [0.1, 0.15) is 0 Å². The van der Waals surface area contributed by atoms with E-state index in [1.165, 1.54) is 0 Å². The number of amides is 1. The highest BCUT2D eigenvalue weighted by molar-refractivity contribution is 5.64. The standard InChI is InChI=1S/C7H15NO3/c1-2-6(3-4-9)5-11-7(8)10/h6,9H,2-5H2,1H3,(H2,8,10). The number of aliphatic hydroxyl groups is 1. The Morgan fingerprint density at radius 3 is 2.73 bits per heavy atom. The number of nitrogens with two attached hydrogens (primary N) is 1. The summed E-state index contributed by atoms with van der Waals surface area (Å²) in [5.74, 6) is 0.229. The lowest BCUT2D eigenvalue weighted by Crippen LogP contribution is -2.19. The van der Waals surface area contributed by atoms with Gasteiger partial charge in [-0.3, -0.25) is 0 Å². The number of carbonyl (C=O) groups excluding carboxylic acids is 1. The summed E-state index contributed by atoms with van der Waals surface area (Å²) in [6, 6.07) is 0. The number of rotatable bonds is 5. The van der Waals surface area contributed by atoms with Crippen molar-refractivity contribution >= 4 is 6.09 Å². The zero-order chi connectivity index (χ0) is 8.69. The fourth-order valence-corrected chi connectivity index (χ4v) is 0.788. The quantitative estimate of drug-likeness (QED) is 0.616. The second-order valence-corrected chi connectivity index (χ2v) is 2.42. The second-order valence-electron chi connectivity index (χ2n) is 2.42. The summed E-state index contributed by atoms with van der Waals surface area (Å²) in [6.07, 6.45) is 0.791. The maximum absolute atomic E-state index is 10.2. The van der Waals surface area contributed by atoms with Crippen LogP contribution in [0.2, 0.25) is 0 Å². The minimum Gasteiger partial charge on any atom is -0.449 e. The van der Waals surface area contributed by atoms with Gasteiger partial charge in [-0.2, -0.15) is 0 Å². The molecule has 0 saturated heterocycles. The second kappa shape index (κ2) is 5.97. The third-order valence-electron chi connectivity index (χ3n) is 1.58. The first-order chi connectivity index (χ1) is 5.20. The molecule has 1 unspecified atom stereocenters. The van der Waals surface area contributed by atoms with Crippen LogP contribution in [-0.4, -0.2) is 24.4 Å². The average molecular weight is 161 g/mol. The van der Waals surface area contributed by atoms with Crippen molar-refractivity contribution in [1.29, 1.82) is 0 Å². The summed E-state index contributed by atoms with van der Waals surface area (Å²) in [5.41, 5.74) is 4.77. The third kappa shape index (κ3) is 5.66. The number of aliphatic hydroxyl groups excluding tert-OH is 1. The van der Waals surface area contributed by atoms with Crippen LogP contribution in [0.15, 0.2) is 0 Å². The molecule has 0 heterocycles. The van der Waals surface area contributed by atoms with Gasteiger partial charge < -0.3 is 15.6 Å². The van der Waals surface area contributed by atoms with Gasteiger partial charge in [-0.05, 0) is 18.8 Å². The number of ether oxygens (including phenoxy) is 1. The smallest absolute Gasteiger partial charge is 0.404 e. The van der Waals surface area contributed by atoms with Gasteiger partial charge in [0.2, 0.25) is 0 Å².